The summed E-state index contributed by atoms with van der Waals surface area (Å²) in [5.74, 6) is -0.395. The molecular weight excluding hydrogens is 554 g/mol. The van der Waals surface area contributed by atoms with Crippen LogP contribution in [0.15, 0.2) is 114 Å². The van der Waals surface area contributed by atoms with Gasteiger partial charge in [0, 0.05) is 26.9 Å². The van der Waals surface area contributed by atoms with Gasteiger partial charge in [0.25, 0.3) is 11.8 Å². The van der Waals surface area contributed by atoms with Gasteiger partial charge >= 0.3 is 0 Å². The third-order valence-corrected chi connectivity index (χ3v) is 7.28. The summed E-state index contributed by atoms with van der Waals surface area (Å²) in [4.78, 5) is 39.5. The molecule has 4 aromatic rings. The predicted molar refractivity (Wildman–Crippen MR) is 168 cm³/mol. The maximum Gasteiger partial charge on any atom is 0.272 e. The first kappa shape index (κ1) is 29.6. The van der Waals surface area contributed by atoms with Crippen molar-refractivity contribution in [2.45, 2.75) is 24.7 Å². The van der Waals surface area contributed by atoms with E-state index in [-0.39, 0.29) is 17.4 Å². The molecule has 0 bridgehead atoms. The Hall–Kier alpha value is -4.33. The Kier molecular flexibility index (Phi) is 10.4. The molecule has 0 aliphatic carbocycles. The van der Waals surface area contributed by atoms with Gasteiger partial charge in [-0.3, -0.25) is 14.4 Å². The van der Waals surface area contributed by atoms with Crippen LogP contribution in [0.1, 0.15) is 41.3 Å². The second-order valence-electron chi connectivity index (χ2n) is 9.53. The molecule has 0 heterocycles. The van der Waals surface area contributed by atoms with Crippen LogP contribution in [0.3, 0.4) is 0 Å². The van der Waals surface area contributed by atoms with Gasteiger partial charge in [-0.15, -0.1) is 11.8 Å². The number of anilines is 2. The minimum Gasteiger partial charge on any atom is -0.325 e. The van der Waals surface area contributed by atoms with Gasteiger partial charge < -0.3 is 16.0 Å². The maximum absolute atomic E-state index is 13.3. The summed E-state index contributed by atoms with van der Waals surface area (Å²) in [6, 6.07) is 30.6. The van der Waals surface area contributed by atoms with Gasteiger partial charge in [-0.1, -0.05) is 74.0 Å². The summed E-state index contributed by atoms with van der Waals surface area (Å²) >= 11 is 7.36. The highest BCUT2D eigenvalue weighted by atomic mass is 35.5. The van der Waals surface area contributed by atoms with E-state index < -0.39 is 11.8 Å². The maximum atomic E-state index is 13.3. The van der Waals surface area contributed by atoms with Crippen LogP contribution >= 0.6 is 23.4 Å². The van der Waals surface area contributed by atoms with Crippen LogP contribution in [0.2, 0.25) is 5.02 Å². The lowest BCUT2D eigenvalue weighted by Crippen LogP contribution is -2.30. The number of hydrogen-bond acceptors (Lipinski definition) is 4. The molecule has 8 heteroatoms. The van der Waals surface area contributed by atoms with Crippen LogP contribution in [-0.4, -0.2) is 23.5 Å². The number of halogens is 1. The van der Waals surface area contributed by atoms with Crippen LogP contribution in [0, 0.1) is 0 Å². The average molecular weight is 584 g/mol. The Morgan fingerprint density at radius 1 is 0.805 bits per heavy atom. The number of rotatable bonds is 10. The van der Waals surface area contributed by atoms with Gasteiger partial charge in [0.15, 0.2) is 0 Å². The van der Waals surface area contributed by atoms with Gasteiger partial charge in [-0.05, 0) is 77.7 Å². The molecule has 41 heavy (non-hydrogen) atoms. The summed E-state index contributed by atoms with van der Waals surface area (Å²) in [6.45, 7) is 4.25. The molecule has 0 saturated heterocycles. The van der Waals surface area contributed by atoms with E-state index in [2.05, 4.69) is 29.8 Å². The van der Waals surface area contributed by atoms with Crippen LogP contribution in [0.5, 0.6) is 0 Å². The van der Waals surface area contributed by atoms with E-state index in [4.69, 9.17) is 11.6 Å². The van der Waals surface area contributed by atoms with E-state index in [0.29, 0.717) is 27.8 Å². The SMILES string of the molecule is CC(C)c1ccc(NC(=O)CSc2cccc(NC(=O)/C(=C/c3ccc(Cl)cc3)NC(=O)c3ccccc3)c2)cc1. The first-order valence-electron chi connectivity index (χ1n) is 13.0. The van der Waals surface area contributed by atoms with E-state index in [0.717, 1.165) is 10.6 Å². The number of nitrogens with one attached hydrogen (secondary N) is 3. The molecule has 3 N–H and O–H groups in total. The minimum atomic E-state index is -0.492. The summed E-state index contributed by atoms with van der Waals surface area (Å²) in [6.07, 6.45) is 1.59. The van der Waals surface area contributed by atoms with Crippen LogP contribution in [0.4, 0.5) is 11.4 Å². The molecule has 0 aromatic heterocycles. The molecular formula is C33H30ClN3O3S. The second-order valence-corrected chi connectivity index (χ2v) is 11.0. The average Bonchev–Trinajstić information content (AvgIpc) is 2.97. The highest BCUT2D eigenvalue weighted by Crippen LogP contribution is 2.23. The van der Waals surface area contributed by atoms with Crippen molar-refractivity contribution in [2.75, 3.05) is 16.4 Å². The highest BCUT2D eigenvalue weighted by Gasteiger charge is 2.15. The summed E-state index contributed by atoms with van der Waals surface area (Å²) in [7, 11) is 0. The summed E-state index contributed by atoms with van der Waals surface area (Å²) in [5.41, 5.74) is 3.68. The molecule has 4 aromatic carbocycles. The van der Waals surface area contributed by atoms with Gasteiger partial charge in [0.1, 0.15) is 5.70 Å². The predicted octanol–water partition coefficient (Wildman–Crippen LogP) is 7.60. The molecule has 0 aliphatic rings. The van der Waals surface area contributed by atoms with Crippen molar-refractivity contribution in [3.8, 4) is 0 Å². The normalized spacial score (nSPS) is 11.2. The Labute approximate surface area is 249 Å². The molecule has 0 radical (unpaired) electrons. The van der Waals surface area contributed by atoms with Gasteiger partial charge in [-0.25, -0.2) is 0 Å². The van der Waals surface area contributed by atoms with E-state index >= 15 is 0 Å². The van der Waals surface area contributed by atoms with E-state index in [1.54, 1.807) is 72.8 Å². The lowest BCUT2D eigenvalue weighted by Gasteiger charge is -2.12. The summed E-state index contributed by atoms with van der Waals surface area (Å²) in [5, 5.41) is 9.05. The molecule has 0 aliphatic heterocycles. The van der Waals surface area contributed by atoms with Gasteiger partial charge in [0.2, 0.25) is 5.91 Å². The number of hydrogen-bond donors (Lipinski definition) is 3. The standard InChI is InChI=1S/C33H30ClN3O3S/c1-22(2)24-13-17-27(18-14-24)35-31(38)21-41-29-10-6-9-28(20-29)36-33(40)30(19-23-11-15-26(34)16-12-23)37-32(39)25-7-4-3-5-8-25/h3-20,22H,21H2,1-2H3,(H,35,38)(H,36,40)(H,37,39)/b30-19-. The van der Waals surface area contributed by atoms with Crippen molar-refractivity contribution >= 4 is 58.5 Å². The second kappa shape index (κ2) is 14.3. The third kappa shape index (κ3) is 9.10. The molecule has 0 fully saturated rings. The van der Waals surface area contributed by atoms with Gasteiger partial charge in [-0.2, -0.15) is 0 Å². The Morgan fingerprint density at radius 3 is 2.20 bits per heavy atom. The fraction of sp³-hybridized carbons (Fsp3) is 0.121. The molecule has 208 valence electrons. The fourth-order valence-electron chi connectivity index (χ4n) is 3.83. The Morgan fingerprint density at radius 2 is 1.51 bits per heavy atom. The van der Waals surface area contributed by atoms with Crippen molar-refractivity contribution in [1.82, 2.24) is 5.32 Å². The van der Waals surface area contributed by atoms with Crippen molar-refractivity contribution in [3.05, 3.63) is 131 Å². The topological polar surface area (TPSA) is 87.3 Å². The molecule has 4 rings (SSSR count). The minimum absolute atomic E-state index is 0.0714. The Balaban J connectivity index is 1.42. The Bertz CT molecular complexity index is 1540. The van der Waals surface area contributed by atoms with Crippen molar-refractivity contribution < 1.29 is 14.4 Å². The van der Waals surface area contributed by atoms with Crippen LogP contribution in [-0.2, 0) is 9.59 Å². The smallest absolute Gasteiger partial charge is 0.272 e. The quantitative estimate of drug-likeness (QED) is 0.132. The zero-order chi connectivity index (χ0) is 29.2. The third-order valence-electron chi connectivity index (χ3n) is 6.03. The largest absolute Gasteiger partial charge is 0.325 e. The number of carbonyl (C=O) groups excluding carboxylic acids is 3. The molecule has 0 saturated carbocycles. The zero-order valence-electron chi connectivity index (χ0n) is 22.7. The highest BCUT2D eigenvalue weighted by molar-refractivity contribution is 8.00. The number of thioether (sulfide) groups is 1. The number of benzene rings is 4. The van der Waals surface area contributed by atoms with Crippen molar-refractivity contribution in [3.63, 3.8) is 0 Å². The lowest BCUT2D eigenvalue weighted by molar-refractivity contribution is -0.114. The molecule has 3 amide bonds. The molecule has 0 unspecified atom stereocenters. The van der Waals surface area contributed by atoms with E-state index in [9.17, 15) is 14.4 Å². The first-order chi connectivity index (χ1) is 19.8. The number of carbonyl (C=O) groups is 3. The first-order valence-corrected chi connectivity index (χ1v) is 14.4. The van der Waals surface area contributed by atoms with Crippen LogP contribution in [0.25, 0.3) is 6.08 Å². The van der Waals surface area contributed by atoms with E-state index in [1.807, 2.05) is 36.4 Å². The fourth-order valence-corrected chi connectivity index (χ4v) is 4.71. The summed E-state index contributed by atoms with van der Waals surface area (Å²) < 4.78 is 0. The zero-order valence-corrected chi connectivity index (χ0v) is 24.3. The van der Waals surface area contributed by atoms with E-state index in [1.165, 1.54) is 17.3 Å². The lowest BCUT2D eigenvalue weighted by atomic mass is 10.0. The van der Waals surface area contributed by atoms with Crippen molar-refractivity contribution in [1.29, 1.82) is 0 Å². The monoisotopic (exact) mass is 583 g/mol. The van der Waals surface area contributed by atoms with Crippen LogP contribution < -0.4 is 16.0 Å². The molecule has 0 spiro atoms. The molecule has 6 nitrogen and oxygen atoms in total. The van der Waals surface area contributed by atoms with Crippen molar-refractivity contribution in [2.24, 2.45) is 0 Å². The molecule has 0 atom stereocenters. The number of amides is 3. The van der Waals surface area contributed by atoms with Gasteiger partial charge in [0.05, 0.1) is 5.75 Å².